The van der Waals surface area contributed by atoms with Gasteiger partial charge in [-0.05, 0) is 31.2 Å². The van der Waals surface area contributed by atoms with Crippen LogP contribution >= 0.6 is 0 Å². The molecule has 0 aliphatic carbocycles. The fourth-order valence-electron chi connectivity index (χ4n) is 1.72. The third kappa shape index (κ3) is 1.35. The summed E-state index contributed by atoms with van der Waals surface area (Å²) in [5.41, 5.74) is 3.86. The predicted molar refractivity (Wildman–Crippen MR) is 61.4 cm³/mol. The lowest BCUT2D eigenvalue weighted by Crippen LogP contribution is -1.97. The number of nitrogens with zero attached hydrogens (tertiary/aromatic N) is 4. The molecule has 2 aromatic heterocycles. The molecule has 0 spiro atoms. The van der Waals surface area contributed by atoms with Crippen LogP contribution in [-0.2, 0) is 0 Å². The minimum atomic E-state index is 0.900. The van der Waals surface area contributed by atoms with Gasteiger partial charge in [-0.1, -0.05) is 17.3 Å². The Hall–Kier alpha value is -2.23. The number of aromatic nitrogens is 4. The van der Waals surface area contributed by atoms with Gasteiger partial charge in [0.25, 0.3) is 0 Å². The number of rotatable bonds is 1. The Morgan fingerprint density at radius 1 is 1.12 bits per heavy atom. The molecule has 0 atom stereocenters. The van der Waals surface area contributed by atoms with Gasteiger partial charge in [0, 0.05) is 11.9 Å². The molecular formula is C12H10N4. The Balaban J connectivity index is 2.26. The van der Waals surface area contributed by atoms with E-state index in [1.165, 1.54) is 0 Å². The first kappa shape index (κ1) is 9.03. The molecule has 0 unspecified atom stereocenters. The molecule has 1 aromatic carbocycles. The normalized spacial score (nSPS) is 10.8. The SMILES string of the molecule is Cc1cc(-n2nnc3ccccc32)ccn1. The summed E-state index contributed by atoms with van der Waals surface area (Å²) in [4.78, 5) is 4.17. The van der Waals surface area contributed by atoms with Crippen molar-refractivity contribution in [1.29, 1.82) is 0 Å². The van der Waals surface area contributed by atoms with Crippen LogP contribution in [0.15, 0.2) is 42.6 Å². The molecule has 78 valence electrons. The second kappa shape index (κ2) is 3.41. The van der Waals surface area contributed by atoms with E-state index in [-0.39, 0.29) is 0 Å². The summed E-state index contributed by atoms with van der Waals surface area (Å²) in [6.07, 6.45) is 1.78. The lowest BCUT2D eigenvalue weighted by Gasteiger charge is -2.01. The van der Waals surface area contributed by atoms with Crippen molar-refractivity contribution in [2.45, 2.75) is 6.92 Å². The maximum absolute atomic E-state index is 4.17. The first-order chi connectivity index (χ1) is 7.84. The smallest absolute Gasteiger partial charge is 0.113 e. The number of hydrogen-bond donors (Lipinski definition) is 0. The van der Waals surface area contributed by atoms with E-state index in [4.69, 9.17) is 0 Å². The number of para-hydroxylation sites is 1. The quantitative estimate of drug-likeness (QED) is 0.618. The fraction of sp³-hybridized carbons (Fsp3) is 0.0833. The summed E-state index contributed by atoms with van der Waals surface area (Å²) in [6.45, 7) is 1.96. The Morgan fingerprint density at radius 2 is 2.00 bits per heavy atom. The molecule has 0 bridgehead atoms. The average molecular weight is 210 g/mol. The Kier molecular flexibility index (Phi) is 1.93. The summed E-state index contributed by atoms with van der Waals surface area (Å²) >= 11 is 0. The van der Waals surface area contributed by atoms with Crippen molar-refractivity contribution < 1.29 is 0 Å². The van der Waals surface area contributed by atoms with Crippen LogP contribution in [0.5, 0.6) is 0 Å². The second-order valence-corrected chi connectivity index (χ2v) is 3.65. The van der Waals surface area contributed by atoms with E-state index in [0.717, 1.165) is 22.4 Å². The van der Waals surface area contributed by atoms with Gasteiger partial charge >= 0.3 is 0 Å². The largest absolute Gasteiger partial charge is 0.261 e. The van der Waals surface area contributed by atoms with E-state index >= 15 is 0 Å². The first-order valence-electron chi connectivity index (χ1n) is 5.08. The minimum absolute atomic E-state index is 0.900. The van der Waals surface area contributed by atoms with Gasteiger partial charge < -0.3 is 0 Å². The van der Waals surface area contributed by atoms with Crippen molar-refractivity contribution >= 4 is 11.0 Å². The van der Waals surface area contributed by atoms with Crippen molar-refractivity contribution in [3.63, 3.8) is 0 Å². The monoisotopic (exact) mass is 210 g/mol. The highest BCUT2D eigenvalue weighted by atomic mass is 15.4. The maximum Gasteiger partial charge on any atom is 0.113 e. The average Bonchev–Trinajstić information content (AvgIpc) is 2.72. The Morgan fingerprint density at radius 3 is 2.88 bits per heavy atom. The molecule has 0 aliphatic rings. The maximum atomic E-state index is 4.17. The molecule has 2 heterocycles. The van der Waals surface area contributed by atoms with Gasteiger partial charge in [-0.25, -0.2) is 4.68 Å². The highest BCUT2D eigenvalue weighted by molar-refractivity contribution is 5.75. The van der Waals surface area contributed by atoms with Gasteiger partial charge in [0.15, 0.2) is 0 Å². The van der Waals surface area contributed by atoms with Gasteiger partial charge in [-0.3, -0.25) is 4.98 Å². The molecule has 4 nitrogen and oxygen atoms in total. The zero-order valence-electron chi connectivity index (χ0n) is 8.83. The molecule has 3 aromatic rings. The Bertz CT molecular complexity index is 642. The van der Waals surface area contributed by atoms with Crippen molar-refractivity contribution in [3.05, 3.63) is 48.3 Å². The van der Waals surface area contributed by atoms with Gasteiger partial charge in [-0.15, -0.1) is 5.10 Å². The van der Waals surface area contributed by atoms with Crippen LogP contribution in [-0.4, -0.2) is 20.0 Å². The number of aryl methyl sites for hydroxylation is 1. The van der Waals surface area contributed by atoms with E-state index < -0.39 is 0 Å². The highest BCUT2D eigenvalue weighted by Gasteiger charge is 2.05. The number of benzene rings is 1. The van der Waals surface area contributed by atoms with E-state index in [1.54, 1.807) is 6.20 Å². The van der Waals surface area contributed by atoms with Gasteiger partial charge in [0.05, 0.1) is 11.2 Å². The lowest BCUT2D eigenvalue weighted by molar-refractivity contribution is 0.821. The van der Waals surface area contributed by atoms with Crippen LogP contribution in [0, 0.1) is 6.92 Å². The standard InChI is InChI=1S/C12H10N4/c1-9-8-10(6-7-13-9)16-12-5-3-2-4-11(12)14-15-16/h2-8H,1H3. The van der Waals surface area contributed by atoms with Crippen LogP contribution in [0.3, 0.4) is 0 Å². The highest BCUT2D eigenvalue weighted by Crippen LogP contribution is 2.15. The molecule has 0 N–H and O–H groups in total. The lowest BCUT2D eigenvalue weighted by atomic mass is 10.3. The molecule has 3 rings (SSSR count). The van der Waals surface area contributed by atoms with E-state index in [0.29, 0.717) is 0 Å². The first-order valence-corrected chi connectivity index (χ1v) is 5.08. The van der Waals surface area contributed by atoms with Crippen LogP contribution in [0.25, 0.3) is 16.7 Å². The molecular weight excluding hydrogens is 200 g/mol. The molecule has 0 fully saturated rings. The van der Waals surface area contributed by atoms with Gasteiger partial charge in [-0.2, -0.15) is 0 Å². The van der Waals surface area contributed by atoms with Gasteiger partial charge in [0.2, 0.25) is 0 Å². The molecule has 0 aliphatic heterocycles. The zero-order valence-corrected chi connectivity index (χ0v) is 8.83. The molecule has 0 saturated heterocycles. The number of pyridine rings is 1. The summed E-state index contributed by atoms with van der Waals surface area (Å²) in [5, 5.41) is 8.26. The molecule has 0 radical (unpaired) electrons. The molecule has 16 heavy (non-hydrogen) atoms. The van der Waals surface area contributed by atoms with E-state index in [1.807, 2.05) is 48.0 Å². The van der Waals surface area contributed by atoms with Crippen molar-refractivity contribution in [3.8, 4) is 5.69 Å². The van der Waals surface area contributed by atoms with Gasteiger partial charge in [0.1, 0.15) is 5.52 Å². The summed E-state index contributed by atoms with van der Waals surface area (Å²) in [6, 6.07) is 11.8. The molecule has 0 amide bonds. The minimum Gasteiger partial charge on any atom is -0.261 e. The second-order valence-electron chi connectivity index (χ2n) is 3.65. The van der Waals surface area contributed by atoms with Crippen LogP contribution in [0.4, 0.5) is 0 Å². The third-order valence-corrected chi connectivity index (χ3v) is 2.48. The Labute approximate surface area is 92.6 Å². The predicted octanol–water partition coefficient (Wildman–Crippen LogP) is 2.12. The van der Waals surface area contributed by atoms with E-state index in [2.05, 4.69) is 15.3 Å². The van der Waals surface area contributed by atoms with Crippen molar-refractivity contribution in [1.82, 2.24) is 20.0 Å². The summed E-state index contributed by atoms with van der Waals surface area (Å²) < 4.78 is 1.82. The molecule has 0 saturated carbocycles. The zero-order chi connectivity index (χ0) is 11.0. The summed E-state index contributed by atoms with van der Waals surface area (Å²) in [7, 11) is 0. The van der Waals surface area contributed by atoms with Crippen LogP contribution < -0.4 is 0 Å². The molecule has 4 heteroatoms. The van der Waals surface area contributed by atoms with E-state index in [9.17, 15) is 0 Å². The number of hydrogen-bond acceptors (Lipinski definition) is 3. The van der Waals surface area contributed by atoms with Crippen LogP contribution in [0.1, 0.15) is 5.69 Å². The fourth-order valence-corrected chi connectivity index (χ4v) is 1.72. The van der Waals surface area contributed by atoms with Crippen molar-refractivity contribution in [2.24, 2.45) is 0 Å². The van der Waals surface area contributed by atoms with Crippen molar-refractivity contribution in [2.75, 3.05) is 0 Å². The third-order valence-electron chi connectivity index (χ3n) is 2.48. The summed E-state index contributed by atoms with van der Waals surface area (Å²) in [5.74, 6) is 0. The number of fused-ring (bicyclic) bond motifs is 1. The van der Waals surface area contributed by atoms with Crippen LogP contribution in [0.2, 0.25) is 0 Å². The topological polar surface area (TPSA) is 43.6 Å².